The molecule has 4 aliphatic carbocycles. The van der Waals surface area contributed by atoms with Gasteiger partial charge in [0.2, 0.25) is 0 Å². The molecule has 4 bridgehead atoms. The van der Waals surface area contributed by atoms with Gasteiger partial charge in [0.1, 0.15) is 18.0 Å². The van der Waals surface area contributed by atoms with Crippen LogP contribution in [0.25, 0.3) is 0 Å². The van der Waals surface area contributed by atoms with Crippen molar-refractivity contribution in [1.29, 1.82) is 0 Å². The van der Waals surface area contributed by atoms with Gasteiger partial charge >= 0.3 is 11.9 Å². The van der Waals surface area contributed by atoms with Crippen LogP contribution in [-0.4, -0.2) is 41.1 Å². The highest BCUT2D eigenvalue weighted by molar-refractivity contribution is 5.89. The SMILES string of the molecule is C/C=C(/C)C(=O)O[C@@H]1[C@@H](OC(=O)/C(C)=C\C)C(C)(C)C2C3C(=O)C[C@@H](C)C2[C@@]3(C)[C@@H]1O. The summed E-state index contributed by atoms with van der Waals surface area (Å²) < 4.78 is 11.8. The molecular weight excluding hydrogens is 396 g/mol. The minimum atomic E-state index is -1.12. The molecule has 0 amide bonds. The maximum Gasteiger partial charge on any atom is 0.333 e. The third-order valence-corrected chi connectivity index (χ3v) is 8.44. The number of allylic oxidation sites excluding steroid dienone is 2. The van der Waals surface area contributed by atoms with Crippen LogP contribution in [0.4, 0.5) is 0 Å². The summed E-state index contributed by atoms with van der Waals surface area (Å²) in [6.07, 6.45) is 0.736. The fourth-order valence-corrected chi connectivity index (χ4v) is 6.57. The van der Waals surface area contributed by atoms with Gasteiger partial charge in [0.25, 0.3) is 0 Å². The average Bonchev–Trinajstić information content (AvgIpc) is 2.78. The van der Waals surface area contributed by atoms with Crippen LogP contribution < -0.4 is 0 Å². The van der Waals surface area contributed by atoms with Crippen LogP contribution in [-0.2, 0) is 23.9 Å². The molecule has 0 radical (unpaired) electrons. The van der Waals surface area contributed by atoms with E-state index >= 15 is 0 Å². The Bertz CT molecular complexity index is 852. The Kier molecular flexibility index (Phi) is 6.02. The van der Waals surface area contributed by atoms with Gasteiger partial charge in [0.15, 0.2) is 6.10 Å². The summed E-state index contributed by atoms with van der Waals surface area (Å²) in [4.78, 5) is 38.5. The average molecular weight is 433 g/mol. The summed E-state index contributed by atoms with van der Waals surface area (Å²) in [6.45, 7) is 14.7. The molecule has 0 aliphatic heterocycles. The monoisotopic (exact) mass is 432 g/mol. The van der Waals surface area contributed by atoms with Gasteiger partial charge in [0.05, 0.1) is 0 Å². The van der Waals surface area contributed by atoms with E-state index in [2.05, 4.69) is 0 Å². The van der Waals surface area contributed by atoms with E-state index in [1.807, 2.05) is 27.7 Å². The lowest BCUT2D eigenvalue weighted by atomic mass is 9.35. The Morgan fingerprint density at radius 3 is 2.00 bits per heavy atom. The molecule has 6 nitrogen and oxygen atoms in total. The molecule has 0 aromatic heterocycles. The first kappa shape index (κ1) is 23.7. The number of esters is 2. The van der Waals surface area contributed by atoms with Crippen molar-refractivity contribution in [3.05, 3.63) is 23.3 Å². The molecule has 1 N–H and O–H groups in total. The van der Waals surface area contributed by atoms with Crippen molar-refractivity contribution < 1.29 is 29.0 Å². The molecule has 31 heavy (non-hydrogen) atoms. The molecule has 0 spiro atoms. The molecule has 172 valence electrons. The fraction of sp³-hybridized carbons (Fsp3) is 0.720. The van der Waals surface area contributed by atoms with E-state index in [1.54, 1.807) is 39.8 Å². The van der Waals surface area contributed by atoms with Crippen molar-refractivity contribution in [3.63, 3.8) is 0 Å². The Balaban J connectivity index is 2.12. The van der Waals surface area contributed by atoms with Crippen LogP contribution in [0.5, 0.6) is 0 Å². The molecule has 4 saturated carbocycles. The minimum absolute atomic E-state index is 0.0568. The van der Waals surface area contributed by atoms with Gasteiger partial charge in [-0.2, -0.15) is 0 Å². The first-order valence-corrected chi connectivity index (χ1v) is 11.2. The highest BCUT2D eigenvalue weighted by Crippen LogP contribution is 2.72. The van der Waals surface area contributed by atoms with E-state index in [9.17, 15) is 19.5 Å². The van der Waals surface area contributed by atoms with Crippen molar-refractivity contribution in [2.24, 2.45) is 34.5 Å². The Hall–Kier alpha value is -1.95. The third kappa shape index (κ3) is 3.29. The predicted molar refractivity (Wildman–Crippen MR) is 116 cm³/mol. The Morgan fingerprint density at radius 1 is 1.00 bits per heavy atom. The van der Waals surface area contributed by atoms with Crippen molar-refractivity contribution in [2.45, 2.75) is 80.1 Å². The minimum Gasteiger partial charge on any atom is -0.454 e. The second-order valence-corrected chi connectivity index (χ2v) is 10.4. The Labute approximate surface area is 185 Å². The van der Waals surface area contributed by atoms with Crippen LogP contribution >= 0.6 is 0 Å². The first-order valence-electron chi connectivity index (χ1n) is 11.2. The zero-order chi connectivity index (χ0) is 23.5. The molecule has 0 saturated heterocycles. The van der Waals surface area contributed by atoms with Crippen molar-refractivity contribution in [3.8, 4) is 0 Å². The van der Waals surface area contributed by atoms with Crippen molar-refractivity contribution in [2.75, 3.05) is 0 Å². The normalized spacial score (nSPS) is 41.7. The van der Waals surface area contributed by atoms with E-state index in [-0.39, 0.29) is 29.5 Å². The lowest BCUT2D eigenvalue weighted by molar-refractivity contribution is -0.236. The van der Waals surface area contributed by atoms with Gasteiger partial charge in [-0.05, 0) is 45.4 Å². The molecule has 8 atom stereocenters. The van der Waals surface area contributed by atoms with E-state index in [0.29, 0.717) is 17.6 Å². The first-order chi connectivity index (χ1) is 14.3. The van der Waals surface area contributed by atoms with Crippen LogP contribution in [0.3, 0.4) is 0 Å². The maximum atomic E-state index is 13.1. The molecular formula is C25H36O6. The zero-order valence-electron chi connectivity index (χ0n) is 19.9. The van der Waals surface area contributed by atoms with Crippen LogP contribution in [0.15, 0.2) is 23.3 Å². The molecule has 0 aromatic carbocycles. The second kappa shape index (κ2) is 7.88. The summed E-state index contributed by atoms with van der Waals surface area (Å²) >= 11 is 0. The van der Waals surface area contributed by atoms with Gasteiger partial charge in [-0.15, -0.1) is 0 Å². The smallest absolute Gasteiger partial charge is 0.333 e. The molecule has 0 aromatic rings. The maximum absolute atomic E-state index is 13.1. The van der Waals surface area contributed by atoms with Crippen molar-refractivity contribution >= 4 is 17.7 Å². The number of ketones is 1. The van der Waals surface area contributed by atoms with E-state index in [4.69, 9.17) is 9.47 Å². The highest BCUT2D eigenvalue weighted by Gasteiger charge is 2.77. The molecule has 4 aliphatic rings. The number of carbonyl (C=O) groups is 3. The molecule has 3 unspecified atom stereocenters. The highest BCUT2D eigenvalue weighted by atomic mass is 16.6. The standard InChI is InChI=1S/C25H36O6/c1-9-12(3)22(28)30-19-20(27)25(8)16-14(5)11-15(26)17(25)18(16)24(6,7)21(19)31-23(29)13(4)10-2/h9-10,14,16-21,27H,11H2,1-8H3/b12-9-,13-10-/t14-,16?,17?,18?,19+,20-,21-,25-/m1/s1. The van der Waals surface area contributed by atoms with Gasteiger partial charge in [-0.3, -0.25) is 4.79 Å². The summed E-state index contributed by atoms with van der Waals surface area (Å²) in [6, 6.07) is 0. The van der Waals surface area contributed by atoms with E-state index < -0.39 is 41.1 Å². The van der Waals surface area contributed by atoms with Crippen LogP contribution in [0.2, 0.25) is 0 Å². The van der Waals surface area contributed by atoms with E-state index in [1.165, 1.54) is 0 Å². The number of fused-ring (bicyclic) bond motifs is 3. The molecule has 0 heterocycles. The summed E-state index contributed by atoms with van der Waals surface area (Å²) in [7, 11) is 0. The van der Waals surface area contributed by atoms with E-state index in [0.717, 1.165) is 0 Å². The van der Waals surface area contributed by atoms with Gasteiger partial charge in [-0.25, -0.2) is 9.59 Å². The largest absolute Gasteiger partial charge is 0.454 e. The number of aliphatic hydroxyl groups is 1. The summed E-state index contributed by atoms with van der Waals surface area (Å²) in [5.41, 5.74) is -0.546. The number of rotatable bonds is 4. The lowest BCUT2D eigenvalue weighted by Crippen LogP contribution is -2.70. The molecule has 4 fully saturated rings. The number of ether oxygens (including phenoxy) is 2. The van der Waals surface area contributed by atoms with Gasteiger partial charge < -0.3 is 14.6 Å². The number of Topliss-reactive ketones (excluding diaryl/α,β-unsaturated/α-hetero) is 1. The van der Waals surface area contributed by atoms with Crippen LogP contribution in [0, 0.1) is 34.5 Å². The number of hydrogen-bond donors (Lipinski definition) is 1. The third-order valence-electron chi connectivity index (χ3n) is 8.44. The predicted octanol–water partition coefficient (Wildman–Crippen LogP) is 3.62. The topological polar surface area (TPSA) is 89.9 Å². The lowest BCUT2D eigenvalue weighted by Gasteiger charge is -2.68. The van der Waals surface area contributed by atoms with Gasteiger partial charge in [0, 0.05) is 34.3 Å². The fourth-order valence-electron chi connectivity index (χ4n) is 6.57. The second-order valence-electron chi connectivity index (χ2n) is 10.4. The number of carbonyl (C=O) groups excluding carboxylic acids is 3. The van der Waals surface area contributed by atoms with Gasteiger partial charge in [-0.1, -0.05) is 39.8 Å². The summed E-state index contributed by atoms with van der Waals surface area (Å²) in [5, 5.41) is 11.6. The van der Waals surface area contributed by atoms with Crippen LogP contribution in [0.1, 0.15) is 61.8 Å². The molecule has 4 rings (SSSR count). The molecule has 6 heteroatoms. The summed E-state index contributed by atoms with van der Waals surface area (Å²) in [5.74, 6) is -1.14. The number of aliphatic hydroxyl groups excluding tert-OH is 1. The quantitative estimate of drug-likeness (QED) is 0.539. The number of hydrogen-bond acceptors (Lipinski definition) is 6. The zero-order valence-corrected chi connectivity index (χ0v) is 19.9. The Morgan fingerprint density at radius 2 is 1.52 bits per heavy atom. The van der Waals surface area contributed by atoms with Crippen molar-refractivity contribution in [1.82, 2.24) is 0 Å².